The van der Waals surface area contributed by atoms with Gasteiger partial charge in [0.15, 0.2) is 0 Å². The summed E-state index contributed by atoms with van der Waals surface area (Å²) in [4.78, 5) is 19.0. The predicted octanol–water partition coefficient (Wildman–Crippen LogP) is 4.03. The Morgan fingerprint density at radius 1 is 1.48 bits per heavy atom. The fraction of sp³-hybridized carbons (Fsp3) is 0.333. The first-order valence-electron chi connectivity index (χ1n) is 8.15. The van der Waals surface area contributed by atoms with Gasteiger partial charge in [-0.3, -0.25) is 14.7 Å². The number of nitrogens with zero attached hydrogens (tertiary/aromatic N) is 2. The van der Waals surface area contributed by atoms with E-state index in [4.69, 9.17) is 4.74 Å². The van der Waals surface area contributed by atoms with Gasteiger partial charge >= 0.3 is 0 Å². The van der Waals surface area contributed by atoms with Crippen LogP contribution in [0, 0.1) is 0 Å². The van der Waals surface area contributed by atoms with E-state index in [0.29, 0.717) is 5.75 Å². The molecule has 0 saturated heterocycles. The molecule has 0 spiro atoms. The van der Waals surface area contributed by atoms with Crippen LogP contribution in [-0.4, -0.2) is 25.7 Å². The first-order valence-corrected chi connectivity index (χ1v) is 10.4. The fourth-order valence-corrected chi connectivity index (χ4v) is 4.97. The number of benzene rings is 1. The largest absolute Gasteiger partial charge is 0.457 e. The topological polar surface area (TPSA) is 54.5 Å². The lowest BCUT2D eigenvalue weighted by atomic mass is 10.0. The zero-order chi connectivity index (χ0) is 17.4. The maximum atomic E-state index is 12.9. The van der Waals surface area contributed by atoms with Crippen LogP contribution >= 0.6 is 34.4 Å². The molecule has 2 unspecified atom stereocenters. The van der Waals surface area contributed by atoms with Gasteiger partial charge in [0, 0.05) is 24.9 Å². The van der Waals surface area contributed by atoms with Gasteiger partial charge in [-0.1, -0.05) is 52.6 Å². The number of hydrogen-bond donors (Lipinski definition) is 1. The van der Waals surface area contributed by atoms with Gasteiger partial charge in [0.1, 0.15) is 5.75 Å². The Hall–Kier alpha value is -1.48. The molecule has 2 aliphatic heterocycles. The number of hydrogen-bond acceptors (Lipinski definition) is 5. The summed E-state index contributed by atoms with van der Waals surface area (Å²) in [7, 11) is 0. The average Bonchev–Trinajstić information content (AvgIpc) is 2.96. The van der Waals surface area contributed by atoms with E-state index in [1.807, 2.05) is 36.1 Å². The van der Waals surface area contributed by atoms with Crippen molar-refractivity contribution in [1.29, 1.82) is 0 Å². The highest BCUT2D eigenvalue weighted by atomic mass is 127. The van der Waals surface area contributed by atoms with Crippen molar-refractivity contribution in [1.82, 2.24) is 4.98 Å². The zero-order valence-electron chi connectivity index (χ0n) is 13.7. The van der Waals surface area contributed by atoms with Crippen LogP contribution in [0.2, 0.25) is 0 Å². The van der Waals surface area contributed by atoms with Crippen LogP contribution in [0.15, 0.2) is 42.7 Å². The molecule has 3 heterocycles. The lowest BCUT2D eigenvalue weighted by Gasteiger charge is -2.34. The Morgan fingerprint density at radius 3 is 3.16 bits per heavy atom. The molecule has 25 heavy (non-hydrogen) atoms. The standard InChI is InChI=1S/C18H18IN3O2S/c1-18(21-13-10-20-9-8-15(13)24-18)25-11-17(23)22-14-5-3-2-4-12(14)6-7-16(22)19/h2-5,8-10,16,21H,6-7,11H2,1H3. The van der Waals surface area contributed by atoms with E-state index in [0.717, 1.165) is 30.0 Å². The molecule has 2 atom stereocenters. The minimum absolute atomic E-state index is 0.109. The van der Waals surface area contributed by atoms with Crippen molar-refractivity contribution in [2.45, 2.75) is 28.9 Å². The molecule has 0 radical (unpaired) electrons. The second-order valence-corrected chi connectivity index (χ2v) is 8.99. The number of fused-ring (bicyclic) bond motifs is 2. The number of amides is 1. The highest BCUT2D eigenvalue weighted by molar-refractivity contribution is 14.1. The second-order valence-electron chi connectivity index (χ2n) is 6.20. The van der Waals surface area contributed by atoms with Crippen molar-refractivity contribution < 1.29 is 9.53 Å². The second kappa shape index (κ2) is 6.68. The summed E-state index contributed by atoms with van der Waals surface area (Å²) >= 11 is 3.83. The molecule has 1 N–H and O–H groups in total. The summed E-state index contributed by atoms with van der Waals surface area (Å²) in [6.45, 7) is 1.94. The van der Waals surface area contributed by atoms with Gasteiger partial charge in [-0.15, -0.1) is 0 Å². The maximum Gasteiger partial charge on any atom is 0.238 e. The number of aromatic nitrogens is 1. The number of carbonyl (C=O) groups is 1. The van der Waals surface area contributed by atoms with E-state index < -0.39 is 5.06 Å². The molecule has 2 aromatic rings. The average molecular weight is 467 g/mol. The molecule has 7 heteroatoms. The third-order valence-electron chi connectivity index (χ3n) is 4.37. The van der Waals surface area contributed by atoms with Crippen LogP contribution in [0.5, 0.6) is 5.75 Å². The number of anilines is 2. The number of aryl methyl sites for hydroxylation is 1. The number of pyridine rings is 1. The Balaban J connectivity index is 1.46. The molecule has 130 valence electrons. The quantitative estimate of drug-likeness (QED) is 0.420. The summed E-state index contributed by atoms with van der Waals surface area (Å²) < 4.78 is 6.15. The molecule has 5 nitrogen and oxygen atoms in total. The van der Waals surface area contributed by atoms with Crippen molar-refractivity contribution in [3.63, 3.8) is 0 Å². The van der Waals surface area contributed by atoms with Gasteiger partial charge in [0.25, 0.3) is 0 Å². The number of carbonyl (C=O) groups excluding carboxylic acids is 1. The van der Waals surface area contributed by atoms with Crippen molar-refractivity contribution in [3.05, 3.63) is 48.3 Å². The Labute approximate surface area is 164 Å². The number of ether oxygens (including phenoxy) is 1. The molecule has 1 aromatic carbocycles. The van der Waals surface area contributed by atoms with Crippen LogP contribution in [0.1, 0.15) is 18.9 Å². The number of thioether (sulfide) groups is 1. The molecule has 0 fully saturated rings. The zero-order valence-corrected chi connectivity index (χ0v) is 16.7. The number of alkyl halides is 1. The van der Waals surface area contributed by atoms with Gasteiger partial charge in [0.2, 0.25) is 11.0 Å². The van der Waals surface area contributed by atoms with Crippen LogP contribution in [-0.2, 0) is 11.2 Å². The van der Waals surface area contributed by atoms with Gasteiger partial charge < -0.3 is 10.1 Å². The van der Waals surface area contributed by atoms with Crippen molar-refractivity contribution in [3.8, 4) is 5.75 Å². The molecule has 4 rings (SSSR count). The van der Waals surface area contributed by atoms with Crippen LogP contribution in [0.25, 0.3) is 0 Å². The van der Waals surface area contributed by atoms with Crippen molar-refractivity contribution in [2.75, 3.05) is 16.0 Å². The van der Waals surface area contributed by atoms with Gasteiger partial charge in [0.05, 0.1) is 21.7 Å². The van der Waals surface area contributed by atoms with Gasteiger partial charge in [-0.05, 0) is 24.5 Å². The molecular formula is C18H18IN3O2S. The highest BCUT2D eigenvalue weighted by Crippen LogP contribution is 2.41. The molecule has 2 aliphatic rings. The SMILES string of the molecule is CC1(SCC(=O)N2c3ccccc3CCC2I)Nc2cnccc2O1. The Bertz CT molecular complexity index is 791. The summed E-state index contributed by atoms with van der Waals surface area (Å²) in [6, 6.07) is 10.0. The van der Waals surface area contributed by atoms with Crippen LogP contribution in [0.4, 0.5) is 11.4 Å². The lowest BCUT2D eigenvalue weighted by Crippen LogP contribution is -2.43. The monoisotopic (exact) mass is 467 g/mol. The minimum Gasteiger partial charge on any atom is -0.457 e. The van der Waals surface area contributed by atoms with Gasteiger partial charge in [-0.25, -0.2) is 0 Å². The summed E-state index contributed by atoms with van der Waals surface area (Å²) in [6.07, 6.45) is 5.45. The number of halogens is 1. The highest BCUT2D eigenvalue weighted by Gasteiger charge is 2.37. The number of nitrogens with one attached hydrogen (secondary N) is 1. The van der Waals surface area contributed by atoms with Crippen molar-refractivity contribution in [2.24, 2.45) is 0 Å². The molecule has 0 bridgehead atoms. The first kappa shape index (κ1) is 17.0. The summed E-state index contributed by atoms with van der Waals surface area (Å²) in [5.41, 5.74) is 3.14. The maximum absolute atomic E-state index is 12.9. The predicted molar refractivity (Wildman–Crippen MR) is 109 cm³/mol. The van der Waals surface area contributed by atoms with Crippen LogP contribution < -0.4 is 15.0 Å². The minimum atomic E-state index is -0.656. The van der Waals surface area contributed by atoms with E-state index >= 15 is 0 Å². The third kappa shape index (κ3) is 3.31. The smallest absolute Gasteiger partial charge is 0.238 e. The van der Waals surface area contributed by atoms with E-state index in [-0.39, 0.29) is 9.96 Å². The molecule has 0 aliphatic carbocycles. The first-order chi connectivity index (χ1) is 12.1. The number of rotatable bonds is 3. The molecule has 1 aromatic heterocycles. The molecule has 1 amide bonds. The molecular weight excluding hydrogens is 449 g/mol. The fourth-order valence-electron chi connectivity index (χ4n) is 3.18. The van der Waals surface area contributed by atoms with E-state index in [1.54, 1.807) is 12.4 Å². The van der Waals surface area contributed by atoms with Gasteiger partial charge in [-0.2, -0.15) is 0 Å². The summed E-state index contributed by atoms with van der Waals surface area (Å²) in [5, 5.41) is 2.65. The number of para-hydroxylation sites is 1. The molecule has 0 saturated carbocycles. The van der Waals surface area contributed by atoms with E-state index in [9.17, 15) is 4.79 Å². The lowest BCUT2D eigenvalue weighted by molar-refractivity contribution is -0.116. The summed E-state index contributed by atoms with van der Waals surface area (Å²) in [5.74, 6) is 1.23. The van der Waals surface area contributed by atoms with E-state index in [2.05, 4.69) is 39.0 Å². The third-order valence-corrected chi connectivity index (χ3v) is 6.68. The van der Waals surface area contributed by atoms with Crippen LogP contribution in [0.3, 0.4) is 0 Å². The Kier molecular flexibility index (Phi) is 4.53. The van der Waals surface area contributed by atoms with E-state index in [1.165, 1.54) is 17.3 Å². The Morgan fingerprint density at radius 2 is 2.32 bits per heavy atom. The normalized spacial score (nSPS) is 24.1. The van der Waals surface area contributed by atoms with Crippen molar-refractivity contribution >= 4 is 51.6 Å².